The van der Waals surface area contributed by atoms with E-state index in [0.29, 0.717) is 5.15 Å². The minimum atomic E-state index is -0.153. The van der Waals surface area contributed by atoms with E-state index in [1.165, 1.54) is 6.08 Å². The van der Waals surface area contributed by atoms with E-state index in [1.807, 2.05) is 49.4 Å². The van der Waals surface area contributed by atoms with Crippen molar-refractivity contribution in [2.24, 2.45) is 0 Å². The lowest BCUT2D eigenvalue weighted by atomic mass is 10.0. The van der Waals surface area contributed by atoms with Gasteiger partial charge < -0.3 is 5.32 Å². The number of carbonyl (C=O) groups excluding carboxylic acids is 1. The first-order valence-electron chi connectivity index (χ1n) is 8.22. The van der Waals surface area contributed by atoms with E-state index in [-0.39, 0.29) is 11.9 Å². The normalized spacial score (nSPS) is 12.1. The smallest absolute Gasteiger partial charge is 0.244 e. The summed E-state index contributed by atoms with van der Waals surface area (Å²) >= 11 is 5.84. The van der Waals surface area contributed by atoms with Gasteiger partial charge in [0.15, 0.2) is 0 Å². The van der Waals surface area contributed by atoms with Crippen molar-refractivity contribution in [2.45, 2.75) is 13.0 Å². The van der Waals surface area contributed by atoms with E-state index in [0.717, 1.165) is 22.3 Å². The molecular weight excluding hydrogens is 346 g/mol. The number of rotatable bonds is 5. The number of halogens is 1. The Hall–Kier alpha value is -2.98. The van der Waals surface area contributed by atoms with Gasteiger partial charge in [-0.15, -0.1) is 0 Å². The highest BCUT2D eigenvalue weighted by Crippen LogP contribution is 2.23. The van der Waals surface area contributed by atoms with E-state index in [9.17, 15) is 4.79 Å². The largest absolute Gasteiger partial charge is 0.346 e. The number of carbonyl (C=O) groups is 1. The summed E-state index contributed by atoms with van der Waals surface area (Å²) in [6.07, 6.45) is 8.40. The van der Waals surface area contributed by atoms with E-state index >= 15 is 0 Å². The Labute approximate surface area is 157 Å². The van der Waals surface area contributed by atoms with Crippen LogP contribution in [0.2, 0.25) is 5.15 Å². The lowest BCUT2D eigenvalue weighted by molar-refractivity contribution is -0.117. The van der Waals surface area contributed by atoms with Crippen molar-refractivity contribution in [2.75, 3.05) is 0 Å². The Kier molecular flexibility index (Phi) is 5.77. The standard InChI is InChI=1S/C21H18ClN3O/c1-15(25-21(26)10-7-16-4-3-11-23-13-16)17-5-2-6-18(12-17)19-8-9-20(22)24-14-19/h2-15H,1H3,(H,25,26)/t15-/m0/s1. The molecule has 0 radical (unpaired) electrons. The van der Waals surface area contributed by atoms with Crippen molar-refractivity contribution in [1.82, 2.24) is 15.3 Å². The van der Waals surface area contributed by atoms with Gasteiger partial charge in [-0.25, -0.2) is 4.98 Å². The molecule has 3 rings (SSSR count). The van der Waals surface area contributed by atoms with Crippen LogP contribution in [0.15, 0.2) is 73.2 Å². The predicted octanol–water partition coefficient (Wildman–Crippen LogP) is 4.69. The van der Waals surface area contributed by atoms with Gasteiger partial charge >= 0.3 is 0 Å². The van der Waals surface area contributed by atoms with Gasteiger partial charge in [-0.3, -0.25) is 9.78 Å². The SMILES string of the molecule is C[C@H](NC(=O)C=Cc1cccnc1)c1cccc(-c2ccc(Cl)nc2)c1. The zero-order chi connectivity index (χ0) is 18.4. The van der Waals surface area contributed by atoms with Gasteiger partial charge in [0.1, 0.15) is 5.15 Å². The number of amides is 1. The van der Waals surface area contributed by atoms with E-state index in [4.69, 9.17) is 11.6 Å². The molecule has 0 aliphatic rings. The summed E-state index contributed by atoms with van der Waals surface area (Å²) in [7, 11) is 0. The summed E-state index contributed by atoms with van der Waals surface area (Å²) < 4.78 is 0. The minimum Gasteiger partial charge on any atom is -0.346 e. The van der Waals surface area contributed by atoms with E-state index < -0.39 is 0 Å². The van der Waals surface area contributed by atoms with Crippen LogP contribution >= 0.6 is 11.6 Å². The quantitative estimate of drug-likeness (QED) is 0.528. The van der Waals surface area contributed by atoms with Crippen LogP contribution in [-0.2, 0) is 4.79 Å². The fourth-order valence-corrected chi connectivity index (χ4v) is 2.64. The molecule has 0 bridgehead atoms. The zero-order valence-electron chi connectivity index (χ0n) is 14.3. The van der Waals surface area contributed by atoms with Crippen molar-refractivity contribution in [3.63, 3.8) is 0 Å². The van der Waals surface area contributed by atoms with E-state index in [1.54, 1.807) is 30.7 Å². The van der Waals surface area contributed by atoms with Crippen molar-refractivity contribution < 1.29 is 4.79 Å². The second-order valence-corrected chi connectivity index (χ2v) is 6.23. The van der Waals surface area contributed by atoms with Crippen LogP contribution in [-0.4, -0.2) is 15.9 Å². The zero-order valence-corrected chi connectivity index (χ0v) is 15.0. The summed E-state index contributed by atoms with van der Waals surface area (Å²) in [6.45, 7) is 1.95. The third kappa shape index (κ3) is 4.77. The van der Waals surface area contributed by atoms with Crippen molar-refractivity contribution in [3.05, 3.63) is 89.5 Å². The molecule has 0 spiro atoms. The van der Waals surface area contributed by atoms with Gasteiger partial charge in [0.25, 0.3) is 0 Å². The van der Waals surface area contributed by atoms with Crippen LogP contribution in [0.5, 0.6) is 0 Å². The molecule has 3 aromatic rings. The molecule has 130 valence electrons. The first kappa shape index (κ1) is 17.8. The third-order valence-electron chi connectivity index (χ3n) is 3.92. The lowest BCUT2D eigenvalue weighted by Gasteiger charge is -2.14. The number of hydrogen-bond donors (Lipinski definition) is 1. The highest BCUT2D eigenvalue weighted by molar-refractivity contribution is 6.29. The molecule has 5 heteroatoms. The minimum absolute atomic E-state index is 0.124. The molecule has 0 saturated heterocycles. The van der Waals surface area contributed by atoms with Crippen LogP contribution in [0.1, 0.15) is 24.1 Å². The Bertz CT molecular complexity index is 908. The van der Waals surface area contributed by atoms with Crippen molar-refractivity contribution >= 4 is 23.6 Å². The van der Waals surface area contributed by atoms with Gasteiger partial charge in [-0.2, -0.15) is 0 Å². The molecule has 0 saturated carbocycles. The average molecular weight is 364 g/mol. The van der Waals surface area contributed by atoms with Crippen LogP contribution in [0, 0.1) is 0 Å². The van der Waals surface area contributed by atoms with Gasteiger partial charge in [-0.1, -0.05) is 35.9 Å². The molecule has 1 amide bonds. The maximum atomic E-state index is 12.1. The first-order valence-corrected chi connectivity index (χ1v) is 8.60. The summed E-state index contributed by atoms with van der Waals surface area (Å²) in [6, 6.07) is 15.3. The molecule has 0 fully saturated rings. The summed E-state index contributed by atoms with van der Waals surface area (Å²) in [5.74, 6) is -0.153. The number of aromatic nitrogens is 2. The average Bonchev–Trinajstić information content (AvgIpc) is 2.68. The summed E-state index contributed by atoms with van der Waals surface area (Å²) in [5.41, 5.74) is 3.90. The molecule has 1 N–H and O–H groups in total. The number of nitrogens with zero attached hydrogens (tertiary/aromatic N) is 2. The number of nitrogens with one attached hydrogen (secondary N) is 1. The lowest BCUT2D eigenvalue weighted by Crippen LogP contribution is -2.24. The second-order valence-electron chi connectivity index (χ2n) is 5.85. The van der Waals surface area contributed by atoms with Crippen LogP contribution in [0.25, 0.3) is 17.2 Å². The third-order valence-corrected chi connectivity index (χ3v) is 4.14. The highest BCUT2D eigenvalue weighted by Gasteiger charge is 2.09. The van der Waals surface area contributed by atoms with Gasteiger partial charge in [0.2, 0.25) is 5.91 Å². The number of hydrogen-bond acceptors (Lipinski definition) is 3. The fourth-order valence-electron chi connectivity index (χ4n) is 2.53. The monoisotopic (exact) mass is 363 g/mol. The maximum absolute atomic E-state index is 12.1. The van der Waals surface area contributed by atoms with Crippen LogP contribution in [0.4, 0.5) is 0 Å². The summed E-state index contributed by atoms with van der Waals surface area (Å²) in [4.78, 5) is 20.3. The molecule has 0 aliphatic carbocycles. The predicted molar refractivity (Wildman–Crippen MR) is 105 cm³/mol. The summed E-state index contributed by atoms with van der Waals surface area (Å²) in [5, 5.41) is 3.44. The molecule has 1 aromatic carbocycles. The molecule has 0 unspecified atom stereocenters. The Morgan fingerprint density at radius 1 is 1.12 bits per heavy atom. The van der Waals surface area contributed by atoms with Crippen LogP contribution < -0.4 is 5.32 Å². The van der Waals surface area contributed by atoms with Crippen LogP contribution in [0.3, 0.4) is 0 Å². The Morgan fingerprint density at radius 3 is 2.73 bits per heavy atom. The molecule has 26 heavy (non-hydrogen) atoms. The maximum Gasteiger partial charge on any atom is 0.244 e. The topological polar surface area (TPSA) is 54.9 Å². The molecule has 4 nitrogen and oxygen atoms in total. The van der Waals surface area contributed by atoms with Gasteiger partial charge in [0, 0.05) is 30.2 Å². The highest BCUT2D eigenvalue weighted by atomic mass is 35.5. The molecule has 2 aromatic heterocycles. The van der Waals surface area contributed by atoms with Crippen molar-refractivity contribution in [1.29, 1.82) is 0 Å². The number of pyridine rings is 2. The van der Waals surface area contributed by atoms with Gasteiger partial charge in [0.05, 0.1) is 6.04 Å². The fraction of sp³-hybridized carbons (Fsp3) is 0.0952. The first-order chi connectivity index (χ1) is 12.6. The second kappa shape index (κ2) is 8.41. The molecule has 2 heterocycles. The van der Waals surface area contributed by atoms with E-state index in [2.05, 4.69) is 15.3 Å². The number of benzene rings is 1. The molecule has 1 atom stereocenters. The Balaban J connectivity index is 1.69. The van der Waals surface area contributed by atoms with Crippen molar-refractivity contribution in [3.8, 4) is 11.1 Å². The van der Waals surface area contributed by atoms with Gasteiger partial charge in [-0.05, 0) is 54.0 Å². The molecule has 0 aliphatic heterocycles. The molecular formula is C21H18ClN3O. The Morgan fingerprint density at radius 2 is 2.00 bits per heavy atom.